The Morgan fingerprint density at radius 1 is 1.25 bits per heavy atom. The van der Waals surface area contributed by atoms with Crippen molar-refractivity contribution in [3.05, 3.63) is 42.5 Å². The average Bonchev–Trinajstić information content (AvgIpc) is 2.61. The summed E-state index contributed by atoms with van der Waals surface area (Å²) in [4.78, 5) is 22.3. The summed E-state index contributed by atoms with van der Waals surface area (Å²) in [6.07, 6.45) is 7.83. The predicted octanol–water partition coefficient (Wildman–Crippen LogP) is 0.719. The molecule has 1 atom stereocenters. The molecule has 24 heavy (non-hydrogen) atoms. The molecule has 1 amide bonds. The van der Waals surface area contributed by atoms with Crippen LogP contribution in [0.25, 0.3) is 0 Å². The van der Waals surface area contributed by atoms with E-state index in [1.807, 2.05) is 0 Å². The van der Waals surface area contributed by atoms with Gasteiger partial charge in [0.2, 0.25) is 0 Å². The van der Waals surface area contributed by atoms with Gasteiger partial charge in [-0.3, -0.25) is 4.79 Å². The van der Waals surface area contributed by atoms with E-state index in [1.54, 1.807) is 29.4 Å². The lowest BCUT2D eigenvalue weighted by molar-refractivity contribution is -0.174. The predicted molar refractivity (Wildman–Crippen MR) is 82.3 cm³/mol. The van der Waals surface area contributed by atoms with E-state index in [2.05, 4.69) is 20.2 Å². The lowest BCUT2D eigenvalue weighted by Gasteiger charge is -2.52. The summed E-state index contributed by atoms with van der Waals surface area (Å²) in [5, 5.41) is 7.44. The van der Waals surface area contributed by atoms with E-state index in [9.17, 15) is 4.79 Å². The van der Waals surface area contributed by atoms with Gasteiger partial charge in [-0.15, -0.1) is 0 Å². The highest BCUT2D eigenvalue weighted by Gasteiger charge is 2.50. The highest BCUT2D eigenvalue weighted by Crippen LogP contribution is 2.36. The summed E-state index contributed by atoms with van der Waals surface area (Å²) in [7, 11) is 0. The van der Waals surface area contributed by atoms with E-state index >= 15 is 0 Å². The van der Waals surface area contributed by atoms with Crippen LogP contribution in [0, 0.1) is 0 Å². The van der Waals surface area contributed by atoms with Gasteiger partial charge in [-0.1, -0.05) is 0 Å². The minimum Gasteiger partial charge on any atom is -0.460 e. The van der Waals surface area contributed by atoms with Gasteiger partial charge in [0.25, 0.3) is 5.91 Å². The van der Waals surface area contributed by atoms with Crippen molar-refractivity contribution in [3.8, 4) is 6.01 Å². The topological polar surface area (TPSA) is 90.3 Å². The summed E-state index contributed by atoms with van der Waals surface area (Å²) in [5.41, 5.74) is 0.217. The van der Waals surface area contributed by atoms with Crippen molar-refractivity contribution in [1.82, 2.24) is 25.1 Å². The molecule has 0 aliphatic carbocycles. The molecule has 2 aliphatic heterocycles. The molecule has 2 saturated heterocycles. The Balaban J connectivity index is 1.36. The second-order valence-corrected chi connectivity index (χ2v) is 6.09. The molecule has 124 valence electrons. The average molecular weight is 327 g/mol. The van der Waals surface area contributed by atoms with Crippen molar-refractivity contribution in [2.24, 2.45) is 0 Å². The molecule has 4 rings (SSSR count). The molecule has 1 spiro atoms. The standard InChI is InChI=1S/C16H17N5O3/c22-14(12-2-6-19-20-9-12)21-10-16(11-21)8-13(3-7-23-16)24-15-17-4-1-5-18-15/h1-2,4-6,9,13H,3,7-8,10-11H2. The number of likely N-dealkylation sites (tertiary alicyclic amines) is 1. The molecule has 2 fully saturated rings. The Bertz CT molecular complexity index is 706. The summed E-state index contributed by atoms with van der Waals surface area (Å²) in [5.74, 6) is -0.0476. The number of carbonyl (C=O) groups is 1. The maximum Gasteiger partial charge on any atom is 0.316 e. The van der Waals surface area contributed by atoms with Crippen LogP contribution in [0.5, 0.6) is 6.01 Å². The van der Waals surface area contributed by atoms with Crippen molar-refractivity contribution in [2.45, 2.75) is 24.5 Å². The molecule has 2 aromatic rings. The first-order valence-electron chi connectivity index (χ1n) is 7.88. The van der Waals surface area contributed by atoms with Crippen LogP contribution in [0.2, 0.25) is 0 Å². The third-order valence-corrected chi connectivity index (χ3v) is 4.34. The first-order valence-corrected chi connectivity index (χ1v) is 7.88. The van der Waals surface area contributed by atoms with Crippen LogP contribution in [0.1, 0.15) is 23.2 Å². The normalized spacial score (nSPS) is 22.0. The molecule has 0 bridgehead atoms. The van der Waals surface area contributed by atoms with Crippen LogP contribution in [-0.4, -0.2) is 62.4 Å². The van der Waals surface area contributed by atoms with E-state index < -0.39 is 0 Å². The van der Waals surface area contributed by atoms with Crippen LogP contribution in [0.15, 0.2) is 36.9 Å². The zero-order valence-corrected chi connectivity index (χ0v) is 13.0. The van der Waals surface area contributed by atoms with Gasteiger partial charge < -0.3 is 14.4 Å². The second-order valence-electron chi connectivity index (χ2n) is 6.09. The molecular formula is C16H17N5O3. The smallest absolute Gasteiger partial charge is 0.316 e. The van der Waals surface area contributed by atoms with Crippen molar-refractivity contribution in [2.75, 3.05) is 19.7 Å². The molecule has 4 heterocycles. The number of ether oxygens (including phenoxy) is 2. The van der Waals surface area contributed by atoms with Crippen molar-refractivity contribution in [1.29, 1.82) is 0 Å². The van der Waals surface area contributed by atoms with Gasteiger partial charge in [0.05, 0.1) is 37.7 Å². The van der Waals surface area contributed by atoms with E-state index in [0.717, 1.165) is 12.8 Å². The fraction of sp³-hybridized carbons (Fsp3) is 0.438. The van der Waals surface area contributed by atoms with Gasteiger partial charge in [-0.25, -0.2) is 9.97 Å². The zero-order valence-electron chi connectivity index (χ0n) is 13.0. The third-order valence-electron chi connectivity index (χ3n) is 4.34. The molecule has 2 aliphatic rings. The number of amides is 1. The molecule has 8 nitrogen and oxygen atoms in total. The molecule has 0 radical (unpaired) electrons. The maximum atomic E-state index is 12.4. The first-order chi connectivity index (χ1) is 11.7. The fourth-order valence-electron chi connectivity index (χ4n) is 3.19. The largest absolute Gasteiger partial charge is 0.460 e. The molecule has 0 N–H and O–H groups in total. The quantitative estimate of drug-likeness (QED) is 0.820. The maximum absolute atomic E-state index is 12.4. The van der Waals surface area contributed by atoms with E-state index in [-0.39, 0.29) is 17.6 Å². The van der Waals surface area contributed by atoms with Crippen molar-refractivity contribution >= 4 is 5.91 Å². The Hall–Kier alpha value is -2.61. The lowest BCUT2D eigenvalue weighted by atomic mass is 9.84. The van der Waals surface area contributed by atoms with E-state index in [1.165, 1.54) is 12.4 Å². The Morgan fingerprint density at radius 3 is 2.83 bits per heavy atom. The van der Waals surface area contributed by atoms with Crippen molar-refractivity contribution < 1.29 is 14.3 Å². The van der Waals surface area contributed by atoms with Crippen LogP contribution in [-0.2, 0) is 4.74 Å². The summed E-state index contributed by atoms with van der Waals surface area (Å²) >= 11 is 0. The zero-order chi connectivity index (χ0) is 16.4. The van der Waals surface area contributed by atoms with Crippen molar-refractivity contribution in [3.63, 3.8) is 0 Å². The highest BCUT2D eigenvalue weighted by molar-refractivity contribution is 5.94. The number of rotatable bonds is 3. The van der Waals surface area contributed by atoms with Gasteiger partial charge in [-0.2, -0.15) is 10.2 Å². The lowest BCUT2D eigenvalue weighted by Crippen LogP contribution is -2.67. The van der Waals surface area contributed by atoms with Gasteiger partial charge >= 0.3 is 6.01 Å². The minimum atomic E-state index is -0.326. The number of hydrogen-bond donors (Lipinski definition) is 0. The number of nitrogens with zero attached hydrogens (tertiary/aromatic N) is 5. The first kappa shape index (κ1) is 14.9. The minimum absolute atomic E-state index is 0.000920. The van der Waals surface area contributed by atoms with Crippen LogP contribution in [0.3, 0.4) is 0 Å². The van der Waals surface area contributed by atoms with E-state index in [4.69, 9.17) is 9.47 Å². The summed E-state index contributed by atoms with van der Waals surface area (Å²) in [6, 6.07) is 3.80. The second kappa shape index (κ2) is 6.12. The molecule has 0 aromatic carbocycles. The molecular weight excluding hydrogens is 310 g/mol. The molecule has 2 aromatic heterocycles. The SMILES string of the molecule is O=C(c1ccnnc1)N1CC2(CC(Oc3ncccn3)CCO2)C1. The molecule has 0 saturated carbocycles. The monoisotopic (exact) mass is 327 g/mol. The number of carbonyl (C=O) groups excluding carboxylic acids is 1. The summed E-state index contributed by atoms with van der Waals surface area (Å²) in [6.45, 7) is 1.73. The highest BCUT2D eigenvalue weighted by atomic mass is 16.5. The fourth-order valence-corrected chi connectivity index (χ4v) is 3.19. The van der Waals surface area contributed by atoms with Gasteiger partial charge in [-0.05, 0) is 12.1 Å². The van der Waals surface area contributed by atoms with Crippen LogP contribution < -0.4 is 4.74 Å². The third kappa shape index (κ3) is 2.92. The van der Waals surface area contributed by atoms with E-state index in [0.29, 0.717) is 31.3 Å². The Labute approximate surface area is 138 Å². The van der Waals surface area contributed by atoms with Gasteiger partial charge in [0, 0.05) is 25.2 Å². The van der Waals surface area contributed by atoms with Crippen LogP contribution >= 0.6 is 0 Å². The summed E-state index contributed by atoms with van der Waals surface area (Å²) < 4.78 is 11.8. The Kier molecular flexibility index (Phi) is 3.81. The van der Waals surface area contributed by atoms with Crippen LogP contribution in [0.4, 0.5) is 0 Å². The number of hydrogen-bond acceptors (Lipinski definition) is 7. The number of aromatic nitrogens is 4. The Morgan fingerprint density at radius 2 is 2.08 bits per heavy atom. The van der Waals surface area contributed by atoms with Gasteiger partial charge in [0.15, 0.2) is 0 Å². The molecule has 1 unspecified atom stereocenters. The molecule has 8 heteroatoms. The van der Waals surface area contributed by atoms with Gasteiger partial charge in [0.1, 0.15) is 11.7 Å².